The molecule has 1 saturated heterocycles. The molecule has 1 aliphatic heterocycles. The fraction of sp³-hybridized carbons (Fsp3) is 0.615. The minimum absolute atomic E-state index is 0.204. The Morgan fingerprint density at radius 3 is 2.80 bits per heavy atom. The van der Waals surface area contributed by atoms with Gasteiger partial charge in [-0.2, -0.15) is 0 Å². The smallest absolute Gasteiger partial charge is 0.242 e. The molecule has 0 bridgehead atoms. The van der Waals surface area contributed by atoms with Crippen LogP contribution in [0.1, 0.15) is 19.3 Å². The van der Waals surface area contributed by atoms with E-state index in [1.54, 1.807) is 19.2 Å². The lowest BCUT2D eigenvalue weighted by molar-refractivity contribution is 0.187. The minimum atomic E-state index is -3.48. The number of rotatable bonds is 5. The second kappa shape index (κ2) is 6.51. The van der Waals surface area contributed by atoms with Crippen molar-refractivity contribution in [3.05, 3.63) is 18.3 Å². The van der Waals surface area contributed by atoms with Gasteiger partial charge in [0.1, 0.15) is 10.7 Å². The van der Waals surface area contributed by atoms with Gasteiger partial charge in [-0.05, 0) is 38.6 Å². The molecule has 0 amide bonds. The molecular weight excluding hydrogens is 276 g/mol. The van der Waals surface area contributed by atoms with Crippen molar-refractivity contribution >= 4 is 15.8 Å². The summed E-state index contributed by atoms with van der Waals surface area (Å²) in [4.78, 5) is 6.45. The number of pyridine rings is 1. The molecule has 6 nitrogen and oxygen atoms in total. The highest BCUT2D eigenvalue weighted by atomic mass is 32.2. The van der Waals surface area contributed by atoms with Gasteiger partial charge < -0.3 is 10.2 Å². The average Bonchev–Trinajstić information content (AvgIpc) is 2.46. The fourth-order valence-electron chi connectivity index (χ4n) is 2.38. The van der Waals surface area contributed by atoms with Gasteiger partial charge in [0, 0.05) is 25.8 Å². The van der Waals surface area contributed by atoms with E-state index >= 15 is 0 Å². The first-order valence-corrected chi connectivity index (χ1v) is 8.35. The molecule has 0 aromatic carbocycles. The lowest BCUT2D eigenvalue weighted by Crippen LogP contribution is -2.44. The monoisotopic (exact) mass is 298 g/mol. The molecule has 1 aliphatic rings. The molecule has 0 saturated carbocycles. The first-order chi connectivity index (χ1) is 9.53. The number of nitrogens with one attached hydrogen (secondary N) is 2. The SMILES string of the molecule is CNc1ccc(S(=O)(=O)NCC2CCCCN2C)cn1. The normalized spacial score (nSPS) is 20.8. The molecule has 20 heavy (non-hydrogen) atoms. The van der Waals surface area contributed by atoms with Crippen molar-refractivity contribution < 1.29 is 8.42 Å². The molecule has 1 aromatic rings. The Balaban J connectivity index is 1.99. The zero-order chi connectivity index (χ0) is 14.6. The number of likely N-dealkylation sites (N-methyl/N-ethyl adjacent to an activating group) is 1. The Bertz CT molecular complexity index is 530. The van der Waals surface area contributed by atoms with Crippen LogP contribution in [-0.2, 0) is 10.0 Å². The van der Waals surface area contributed by atoms with Gasteiger partial charge in [-0.1, -0.05) is 6.42 Å². The standard InChI is InChI=1S/C13H22N4O2S/c1-14-13-7-6-12(10-15-13)20(18,19)16-9-11-5-3-4-8-17(11)2/h6-7,10-11,16H,3-5,8-9H2,1-2H3,(H,14,15). The molecule has 0 spiro atoms. The Hall–Kier alpha value is -1.18. The second-order valence-electron chi connectivity index (χ2n) is 5.11. The van der Waals surface area contributed by atoms with Crippen molar-refractivity contribution in [1.82, 2.24) is 14.6 Å². The van der Waals surface area contributed by atoms with Crippen LogP contribution in [0.3, 0.4) is 0 Å². The van der Waals surface area contributed by atoms with E-state index < -0.39 is 10.0 Å². The third-order valence-corrected chi connectivity index (χ3v) is 5.14. The number of hydrogen-bond acceptors (Lipinski definition) is 5. The summed E-state index contributed by atoms with van der Waals surface area (Å²) in [6.07, 6.45) is 4.76. The second-order valence-corrected chi connectivity index (χ2v) is 6.88. The Labute approximate surface area is 120 Å². The molecule has 2 heterocycles. The van der Waals surface area contributed by atoms with Crippen molar-refractivity contribution in [1.29, 1.82) is 0 Å². The predicted molar refractivity (Wildman–Crippen MR) is 79.2 cm³/mol. The van der Waals surface area contributed by atoms with Gasteiger partial charge in [0.2, 0.25) is 10.0 Å². The quantitative estimate of drug-likeness (QED) is 0.844. The number of aromatic nitrogens is 1. The van der Waals surface area contributed by atoms with E-state index in [0.717, 1.165) is 19.4 Å². The molecule has 0 aliphatic carbocycles. The maximum atomic E-state index is 12.2. The van der Waals surface area contributed by atoms with E-state index in [1.807, 2.05) is 7.05 Å². The highest BCUT2D eigenvalue weighted by Gasteiger charge is 2.22. The summed E-state index contributed by atoms with van der Waals surface area (Å²) < 4.78 is 27.1. The first kappa shape index (κ1) is 15.2. The fourth-order valence-corrected chi connectivity index (χ4v) is 3.40. The van der Waals surface area contributed by atoms with Crippen molar-refractivity contribution in [2.24, 2.45) is 0 Å². The van der Waals surface area contributed by atoms with Gasteiger partial charge in [0.25, 0.3) is 0 Å². The highest BCUT2D eigenvalue weighted by molar-refractivity contribution is 7.89. The van der Waals surface area contributed by atoms with Crippen molar-refractivity contribution in [2.75, 3.05) is 32.5 Å². The summed E-state index contributed by atoms with van der Waals surface area (Å²) >= 11 is 0. The largest absolute Gasteiger partial charge is 0.373 e. The van der Waals surface area contributed by atoms with Gasteiger partial charge in [-0.3, -0.25) is 0 Å². The lowest BCUT2D eigenvalue weighted by atomic mass is 10.0. The number of likely N-dealkylation sites (tertiary alicyclic amines) is 1. The van der Waals surface area contributed by atoms with Gasteiger partial charge in [-0.15, -0.1) is 0 Å². The van der Waals surface area contributed by atoms with Crippen LogP contribution in [0, 0.1) is 0 Å². The van der Waals surface area contributed by atoms with Crippen molar-refractivity contribution in [3.63, 3.8) is 0 Å². The summed E-state index contributed by atoms with van der Waals surface area (Å²) in [5, 5.41) is 2.86. The number of hydrogen-bond donors (Lipinski definition) is 2. The molecule has 1 aromatic heterocycles. The summed E-state index contributed by atoms with van der Waals surface area (Å²) in [7, 11) is 0.312. The van der Waals surface area contributed by atoms with Crippen LogP contribution >= 0.6 is 0 Å². The number of piperidine rings is 1. The zero-order valence-corrected chi connectivity index (χ0v) is 12.8. The van der Waals surface area contributed by atoms with Crippen LogP contribution in [-0.4, -0.2) is 51.5 Å². The Kier molecular flexibility index (Phi) is 4.95. The lowest BCUT2D eigenvalue weighted by Gasteiger charge is -2.32. The van der Waals surface area contributed by atoms with E-state index in [1.165, 1.54) is 12.6 Å². The summed E-state index contributed by atoms with van der Waals surface area (Å²) in [5.41, 5.74) is 0. The van der Waals surface area contributed by atoms with Crippen LogP contribution < -0.4 is 10.0 Å². The average molecular weight is 298 g/mol. The van der Waals surface area contributed by atoms with Gasteiger partial charge in [0.15, 0.2) is 0 Å². The number of nitrogens with zero attached hydrogens (tertiary/aromatic N) is 2. The minimum Gasteiger partial charge on any atom is -0.373 e. The van der Waals surface area contributed by atoms with E-state index in [-0.39, 0.29) is 10.9 Å². The molecular formula is C13H22N4O2S. The van der Waals surface area contributed by atoms with Crippen molar-refractivity contribution in [3.8, 4) is 0 Å². The van der Waals surface area contributed by atoms with Crippen LogP contribution in [0.25, 0.3) is 0 Å². The summed E-state index contributed by atoms with van der Waals surface area (Å²) in [6.45, 7) is 1.48. The van der Waals surface area contributed by atoms with Crippen LogP contribution in [0.15, 0.2) is 23.2 Å². The van der Waals surface area contributed by atoms with E-state index in [9.17, 15) is 8.42 Å². The van der Waals surface area contributed by atoms with Crippen LogP contribution in [0.2, 0.25) is 0 Å². The molecule has 2 N–H and O–H groups in total. The zero-order valence-electron chi connectivity index (χ0n) is 12.0. The third kappa shape index (κ3) is 3.68. The van der Waals surface area contributed by atoms with Crippen molar-refractivity contribution in [2.45, 2.75) is 30.2 Å². The number of sulfonamides is 1. The highest BCUT2D eigenvalue weighted by Crippen LogP contribution is 2.15. The van der Waals surface area contributed by atoms with Gasteiger partial charge in [0.05, 0.1) is 0 Å². The van der Waals surface area contributed by atoms with Gasteiger partial charge >= 0.3 is 0 Å². The molecule has 7 heteroatoms. The van der Waals surface area contributed by atoms with Crippen LogP contribution in [0.4, 0.5) is 5.82 Å². The Morgan fingerprint density at radius 1 is 1.40 bits per heavy atom. The molecule has 2 rings (SSSR count). The van der Waals surface area contributed by atoms with E-state index in [4.69, 9.17) is 0 Å². The summed E-state index contributed by atoms with van der Waals surface area (Å²) in [5.74, 6) is 0.649. The maximum absolute atomic E-state index is 12.2. The van der Waals surface area contributed by atoms with Gasteiger partial charge in [-0.25, -0.2) is 18.1 Å². The first-order valence-electron chi connectivity index (χ1n) is 6.86. The third-order valence-electron chi connectivity index (χ3n) is 3.73. The van der Waals surface area contributed by atoms with E-state index in [2.05, 4.69) is 19.9 Å². The maximum Gasteiger partial charge on any atom is 0.242 e. The topological polar surface area (TPSA) is 74.3 Å². The van der Waals surface area contributed by atoms with E-state index in [0.29, 0.717) is 12.4 Å². The molecule has 1 fully saturated rings. The van der Waals surface area contributed by atoms with Crippen LogP contribution in [0.5, 0.6) is 0 Å². The molecule has 1 unspecified atom stereocenters. The summed E-state index contributed by atoms with van der Waals surface area (Å²) in [6, 6.07) is 3.50. The molecule has 112 valence electrons. The molecule has 0 radical (unpaired) electrons. The number of anilines is 1. The molecule has 1 atom stereocenters. The Morgan fingerprint density at radius 2 is 2.20 bits per heavy atom. The predicted octanol–water partition coefficient (Wildman–Crippen LogP) is 0.886.